The van der Waals surface area contributed by atoms with Crippen molar-refractivity contribution in [1.82, 2.24) is 0 Å². The lowest BCUT2D eigenvalue weighted by atomic mass is 9.99. The standard InChI is InChI=1S/C13H19BrN2O/c1-4-8(2)12(15)13(17)16-11-6-5-10(14)7-9(11)3/h5-8,12H,4,15H2,1-3H3,(H,16,17)/t8-,12-/m0/s1. The quantitative estimate of drug-likeness (QED) is 0.897. The number of anilines is 1. The topological polar surface area (TPSA) is 55.1 Å². The molecule has 0 aliphatic rings. The van der Waals surface area contributed by atoms with Crippen LogP contribution in [0.5, 0.6) is 0 Å². The van der Waals surface area contributed by atoms with Crippen molar-refractivity contribution in [2.24, 2.45) is 11.7 Å². The summed E-state index contributed by atoms with van der Waals surface area (Å²) in [5.41, 5.74) is 7.71. The molecule has 0 aromatic heterocycles. The van der Waals surface area contributed by atoms with Gasteiger partial charge in [-0.25, -0.2) is 0 Å². The summed E-state index contributed by atoms with van der Waals surface area (Å²) in [6.07, 6.45) is 0.897. The summed E-state index contributed by atoms with van der Waals surface area (Å²) in [6.45, 7) is 5.97. The third-order valence-corrected chi connectivity index (χ3v) is 3.50. The first-order valence-electron chi connectivity index (χ1n) is 5.78. The van der Waals surface area contributed by atoms with Crippen molar-refractivity contribution >= 4 is 27.5 Å². The molecular weight excluding hydrogens is 280 g/mol. The maximum atomic E-state index is 11.9. The van der Waals surface area contributed by atoms with Gasteiger partial charge >= 0.3 is 0 Å². The van der Waals surface area contributed by atoms with E-state index in [1.807, 2.05) is 39.0 Å². The Bertz CT molecular complexity index is 406. The second-order valence-electron chi connectivity index (χ2n) is 4.36. The molecule has 94 valence electrons. The Morgan fingerprint density at radius 3 is 2.71 bits per heavy atom. The van der Waals surface area contributed by atoms with Gasteiger partial charge in [-0.1, -0.05) is 36.2 Å². The normalized spacial score (nSPS) is 14.2. The predicted octanol–water partition coefficient (Wildman–Crippen LogP) is 3.07. The van der Waals surface area contributed by atoms with E-state index in [2.05, 4.69) is 21.2 Å². The van der Waals surface area contributed by atoms with Crippen LogP contribution in [0.2, 0.25) is 0 Å². The largest absolute Gasteiger partial charge is 0.324 e. The van der Waals surface area contributed by atoms with Crippen LogP contribution in [0.1, 0.15) is 25.8 Å². The van der Waals surface area contributed by atoms with Crippen molar-refractivity contribution in [1.29, 1.82) is 0 Å². The van der Waals surface area contributed by atoms with Gasteiger partial charge in [0.2, 0.25) is 5.91 Å². The average molecular weight is 299 g/mol. The highest BCUT2D eigenvalue weighted by Gasteiger charge is 2.19. The van der Waals surface area contributed by atoms with Crippen LogP contribution >= 0.6 is 15.9 Å². The summed E-state index contributed by atoms with van der Waals surface area (Å²) in [5, 5.41) is 2.87. The fourth-order valence-corrected chi connectivity index (χ4v) is 1.97. The second-order valence-corrected chi connectivity index (χ2v) is 5.28. The van der Waals surface area contributed by atoms with Crippen LogP contribution in [0.25, 0.3) is 0 Å². The van der Waals surface area contributed by atoms with E-state index in [1.165, 1.54) is 0 Å². The van der Waals surface area contributed by atoms with Crippen molar-refractivity contribution in [3.63, 3.8) is 0 Å². The van der Waals surface area contributed by atoms with Gasteiger partial charge in [-0.3, -0.25) is 4.79 Å². The summed E-state index contributed by atoms with van der Waals surface area (Å²) >= 11 is 3.39. The first-order chi connectivity index (χ1) is 7.95. The summed E-state index contributed by atoms with van der Waals surface area (Å²) < 4.78 is 0.999. The highest BCUT2D eigenvalue weighted by Crippen LogP contribution is 2.20. The summed E-state index contributed by atoms with van der Waals surface area (Å²) in [4.78, 5) is 11.9. The Hall–Kier alpha value is -0.870. The SMILES string of the molecule is CC[C@H](C)[C@H](N)C(=O)Nc1ccc(Br)cc1C. The molecule has 17 heavy (non-hydrogen) atoms. The molecule has 0 fully saturated rings. The Labute approximate surface area is 111 Å². The van der Waals surface area contributed by atoms with Gasteiger partial charge in [0, 0.05) is 10.2 Å². The van der Waals surface area contributed by atoms with E-state index in [9.17, 15) is 4.79 Å². The highest BCUT2D eigenvalue weighted by atomic mass is 79.9. The molecule has 1 rings (SSSR count). The molecular formula is C13H19BrN2O. The average Bonchev–Trinajstić information content (AvgIpc) is 2.30. The monoisotopic (exact) mass is 298 g/mol. The lowest BCUT2D eigenvalue weighted by Gasteiger charge is -2.18. The summed E-state index contributed by atoms with van der Waals surface area (Å²) in [5.74, 6) is 0.0653. The number of hydrogen-bond donors (Lipinski definition) is 2. The van der Waals surface area contributed by atoms with Crippen LogP contribution in [0.4, 0.5) is 5.69 Å². The molecule has 0 saturated heterocycles. The van der Waals surface area contributed by atoms with Crippen LogP contribution in [-0.2, 0) is 4.79 Å². The maximum absolute atomic E-state index is 11.9. The van der Waals surface area contributed by atoms with E-state index in [-0.39, 0.29) is 11.8 Å². The summed E-state index contributed by atoms with van der Waals surface area (Å²) in [7, 11) is 0. The predicted molar refractivity (Wildman–Crippen MR) is 74.9 cm³/mol. The highest BCUT2D eigenvalue weighted by molar-refractivity contribution is 9.10. The van der Waals surface area contributed by atoms with Crippen LogP contribution in [0.15, 0.2) is 22.7 Å². The van der Waals surface area contributed by atoms with Gasteiger partial charge in [-0.05, 0) is 36.6 Å². The smallest absolute Gasteiger partial charge is 0.241 e. The number of aryl methyl sites for hydroxylation is 1. The van der Waals surface area contributed by atoms with E-state index < -0.39 is 6.04 Å². The molecule has 0 saturated carbocycles. The molecule has 0 aliphatic carbocycles. The zero-order chi connectivity index (χ0) is 13.0. The summed E-state index contributed by atoms with van der Waals surface area (Å²) in [6, 6.07) is 5.28. The molecule has 0 unspecified atom stereocenters. The number of halogens is 1. The van der Waals surface area contributed by atoms with Gasteiger partial charge in [-0.15, -0.1) is 0 Å². The molecule has 1 aromatic rings. The van der Waals surface area contributed by atoms with Gasteiger partial charge in [0.1, 0.15) is 0 Å². The van der Waals surface area contributed by atoms with Crippen LogP contribution < -0.4 is 11.1 Å². The number of rotatable bonds is 4. The van der Waals surface area contributed by atoms with Gasteiger partial charge in [0.25, 0.3) is 0 Å². The minimum absolute atomic E-state index is 0.121. The Kier molecular flexibility index (Phi) is 5.15. The minimum Gasteiger partial charge on any atom is -0.324 e. The van der Waals surface area contributed by atoms with E-state index in [4.69, 9.17) is 5.73 Å². The Morgan fingerprint density at radius 1 is 1.53 bits per heavy atom. The van der Waals surface area contributed by atoms with Crippen molar-refractivity contribution in [3.8, 4) is 0 Å². The van der Waals surface area contributed by atoms with Gasteiger partial charge < -0.3 is 11.1 Å². The molecule has 3 nitrogen and oxygen atoms in total. The molecule has 4 heteroatoms. The van der Waals surface area contributed by atoms with Crippen LogP contribution in [0, 0.1) is 12.8 Å². The second kappa shape index (κ2) is 6.17. The molecule has 0 heterocycles. The Balaban J connectivity index is 2.74. The van der Waals surface area contributed by atoms with E-state index in [0.717, 1.165) is 22.1 Å². The Morgan fingerprint density at radius 2 is 2.18 bits per heavy atom. The first kappa shape index (κ1) is 14.2. The van der Waals surface area contributed by atoms with Crippen molar-refractivity contribution in [2.45, 2.75) is 33.2 Å². The number of amides is 1. The first-order valence-corrected chi connectivity index (χ1v) is 6.57. The van der Waals surface area contributed by atoms with Crippen molar-refractivity contribution in [2.75, 3.05) is 5.32 Å². The minimum atomic E-state index is -0.456. The molecule has 0 bridgehead atoms. The fraction of sp³-hybridized carbons (Fsp3) is 0.462. The maximum Gasteiger partial charge on any atom is 0.241 e. The number of hydrogen-bond acceptors (Lipinski definition) is 2. The van der Waals surface area contributed by atoms with Crippen LogP contribution in [0.3, 0.4) is 0 Å². The number of carbonyl (C=O) groups excluding carboxylic acids is 1. The van der Waals surface area contributed by atoms with Gasteiger partial charge in [-0.2, -0.15) is 0 Å². The van der Waals surface area contributed by atoms with Gasteiger partial charge in [0.15, 0.2) is 0 Å². The number of nitrogens with one attached hydrogen (secondary N) is 1. The molecule has 0 aliphatic heterocycles. The van der Waals surface area contributed by atoms with E-state index >= 15 is 0 Å². The zero-order valence-corrected chi connectivity index (χ0v) is 12.0. The molecule has 3 N–H and O–H groups in total. The zero-order valence-electron chi connectivity index (χ0n) is 10.5. The molecule has 0 spiro atoms. The lowest BCUT2D eigenvalue weighted by Crippen LogP contribution is -2.40. The third kappa shape index (κ3) is 3.82. The molecule has 1 aromatic carbocycles. The van der Waals surface area contributed by atoms with Gasteiger partial charge in [0.05, 0.1) is 6.04 Å². The fourth-order valence-electron chi connectivity index (χ4n) is 1.50. The van der Waals surface area contributed by atoms with E-state index in [1.54, 1.807) is 0 Å². The lowest BCUT2D eigenvalue weighted by molar-refractivity contribution is -0.118. The van der Waals surface area contributed by atoms with E-state index in [0.29, 0.717) is 0 Å². The number of benzene rings is 1. The molecule has 0 radical (unpaired) electrons. The van der Waals surface area contributed by atoms with Crippen molar-refractivity contribution < 1.29 is 4.79 Å². The number of carbonyl (C=O) groups is 1. The number of nitrogens with two attached hydrogens (primary N) is 1. The molecule has 2 atom stereocenters. The van der Waals surface area contributed by atoms with Crippen LogP contribution in [-0.4, -0.2) is 11.9 Å². The third-order valence-electron chi connectivity index (χ3n) is 3.01. The molecule has 1 amide bonds. The van der Waals surface area contributed by atoms with Crippen molar-refractivity contribution in [3.05, 3.63) is 28.2 Å².